The Hall–Kier alpha value is -3.14. The minimum atomic E-state index is -0.795. The molecule has 0 aliphatic heterocycles. The molecule has 1 aliphatic rings. The van der Waals surface area contributed by atoms with E-state index in [-0.39, 0.29) is 11.9 Å². The molecule has 0 heterocycles. The van der Waals surface area contributed by atoms with Crippen molar-refractivity contribution in [3.8, 4) is 5.75 Å². The van der Waals surface area contributed by atoms with Gasteiger partial charge in [-0.15, -0.1) is 0 Å². The van der Waals surface area contributed by atoms with Crippen LogP contribution in [0.15, 0.2) is 66.7 Å². The number of ether oxygens (including phenoxy) is 1. The molecule has 0 unspecified atom stereocenters. The number of nitrogens with one attached hydrogen (secondary N) is 1. The monoisotopic (exact) mass is 345 g/mol. The summed E-state index contributed by atoms with van der Waals surface area (Å²) in [5, 5.41) is 4.77. The van der Waals surface area contributed by atoms with E-state index in [4.69, 9.17) is 4.74 Å². The Kier molecular flexibility index (Phi) is 4.40. The number of aldehydes is 1. The van der Waals surface area contributed by atoms with Crippen molar-refractivity contribution in [2.45, 2.75) is 25.0 Å². The molecule has 1 amide bonds. The first-order valence-electron chi connectivity index (χ1n) is 8.75. The molecule has 3 aromatic rings. The average molecular weight is 345 g/mol. The van der Waals surface area contributed by atoms with Crippen molar-refractivity contribution in [2.24, 2.45) is 0 Å². The maximum Gasteiger partial charge on any atom is 0.266 e. The SMILES string of the molecule is O=Cc1c(O[C@H](C(=O)NC2CC2)c2ccccc2)ccc2ccccc12. The number of carbonyl (C=O) groups is 2. The number of fused-ring (bicyclic) bond motifs is 1. The fraction of sp³-hybridized carbons (Fsp3) is 0.182. The summed E-state index contributed by atoms with van der Waals surface area (Å²) in [4.78, 5) is 24.5. The molecule has 4 rings (SSSR count). The van der Waals surface area contributed by atoms with Crippen LogP contribution in [0.3, 0.4) is 0 Å². The smallest absolute Gasteiger partial charge is 0.266 e. The van der Waals surface area contributed by atoms with Crippen LogP contribution < -0.4 is 10.1 Å². The van der Waals surface area contributed by atoms with Crippen LogP contribution in [0.4, 0.5) is 0 Å². The molecule has 1 saturated carbocycles. The third-order valence-corrected chi connectivity index (χ3v) is 4.56. The van der Waals surface area contributed by atoms with Gasteiger partial charge in [-0.2, -0.15) is 0 Å². The molecule has 0 radical (unpaired) electrons. The van der Waals surface area contributed by atoms with Gasteiger partial charge in [-0.3, -0.25) is 9.59 Å². The number of carbonyl (C=O) groups excluding carboxylic acids is 2. The Balaban J connectivity index is 1.72. The Morgan fingerprint density at radius 1 is 1.00 bits per heavy atom. The first-order chi connectivity index (χ1) is 12.8. The van der Waals surface area contributed by atoms with E-state index < -0.39 is 6.10 Å². The third-order valence-electron chi connectivity index (χ3n) is 4.56. The quantitative estimate of drug-likeness (QED) is 0.686. The molecule has 0 aromatic heterocycles. The number of amides is 1. The van der Waals surface area contributed by atoms with Gasteiger partial charge in [-0.1, -0.05) is 60.7 Å². The summed E-state index contributed by atoms with van der Waals surface area (Å²) in [7, 11) is 0. The highest BCUT2D eigenvalue weighted by Gasteiger charge is 2.30. The highest BCUT2D eigenvalue weighted by Crippen LogP contribution is 2.31. The first kappa shape index (κ1) is 16.3. The number of hydrogen-bond acceptors (Lipinski definition) is 3. The van der Waals surface area contributed by atoms with E-state index >= 15 is 0 Å². The second-order valence-corrected chi connectivity index (χ2v) is 6.51. The molecule has 1 aliphatic carbocycles. The van der Waals surface area contributed by atoms with Crippen LogP contribution in [0.5, 0.6) is 5.75 Å². The van der Waals surface area contributed by atoms with Crippen LogP contribution in [-0.2, 0) is 4.79 Å². The molecular weight excluding hydrogens is 326 g/mol. The molecule has 4 heteroatoms. The third kappa shape index (κ3) is 3.31. The molecule has 1 N–H and O–H groups in total. The van der Waals surface area contributed by atoms with Gasteiger partial charge in [0.1, 0.15) is 5.75 Å². The number of benzene rings is 3. The molecular formula is C22H19NO3. The van der Waals surface area contributed by atoms with E-state index in [1.54, 1.807) is 6.07 Å². The second kappa shape index (κ2) is 7.00. The molecule has 1 atom stereocenters. The summed E-state index contributed by atoms with van der Waals surface area (Å²) < 4.78 is 6.08. The predicted molar refractivity (Wildman–Crippen MR) is 100 cm³/mol. The van der Waals surface area contributed by atoms with E-state index in [2.05, 4.69) is 5.32 Å². The minimum Gasteiger partial charge on any atom is -0.475 e. The van der Waals surface area contributed by atoms with Gasteiger partial charge in [0.15, 0.2) is 6.29 Å². The maximum atomic E-state index is 12.7. The summed E-state index contributed by atoms with van der Waals surface area (Å²) in [6, 6.07) is 20.9. The van der Waals surface area contributed by atoms with Crippen LogP contribution >= 0.6 is 0 Å². The summed E-state index contributed by atoms with van der Waals surface area (Å²) >= 11 is 0. The number of hydrogen-bond donors (Lipinski definition) is 1. The van der Waals surface area contributed by atoms with Crippen LogP contribution in [-0.4, -0.2) is 18.2 Å². The Labute approximate surface area is 151 Å². The standard InChI is InChI=1S/C22H19NO3/c24-14-19-18-9-5-4-6-15(18)10-13-20(19)26-21(16-7-2-1-3-8-16)22(25)23-17-11-12-17/h1-10,13-14,17,21H,11-12H2,(H,23,25)/t21-/m0/s1. The van der Waals surface area contributed by atoms with Crippen LogP contribution in [0.1, 0.15) is 34.9 Å². The average Bonchev–Trinajstić information content (AvgIpc) is 3.50. The van der Waals surface area contributed by atoms with E-state index in [1.165, 1.54) is 0 Å². The van der Waals surface area contributed by atoms with Crippen molar-refractivity contribution in [1.29, 1.82) is 0 Å². The molecule has 1 fully saturated rings. The van der Waals surface area contributed by atoms with Crippen molar-refractivity contribution < 1.29 is 14.3 Å². The Morgan fingerprint density at radius 2 is 1.73 bits per heavy atom. The lowest BCUT2D eigenvalue weighted by atomic mass is 10.0. The predicted octanol–water partition coefficient (Wildman–Crippen LogP) is 4.05. The highest BCUT2D eigenvalue weighted by molar-refractivity contribution is 6.01. The second-order valence-electron chi connectivity index (χ2n) is 6.51. The van der Waals surface area contributed by atoms with Crippen molar-refractivity contribution >= 4 is 23.0 Å². The van der Waals surface area contributed by atoms with Gasteiger partial charge in [0.2, 0.25) is 6.10 Å². The topological polar surface area (TPSA) is 55.4 Å². The molecule has 0 bridgehead atoms. The van der Waals surface area contributed by atoms with Crippen molar-refractivity contribution in [1.82, 2.24) is 5.32 Å². The van der Waals surface area contributed by atoms with Gasteiger partial charge in [-0.25, -0.2) is 0 Å². The van der Waals surface area contributed by atoms with Gasteiger partial charge in [0.25, 0.3) is 5.91 Å². The zero-order chi connectivity index (χ0) is 17.9. The summed E-state index contributed by atoms with van der Waals surface area (Å²) in [6.07, 6.45) is 2.00. The van der Waals surface area contributed by atoms with Crippen molar-refractivity contribution in [3.63, 3.8) is 0 Å². The number of rotatable bonds is 6. The van der Waals surface area contributed by atoms with Crippen LogP contribution in [0.2, 0.25) is 0 Å². The van der Waals surface area contributed by atoms with Crippen LogP contribution in [0, 0.1) is 0 Å². The van der Waals surface area contributed by atoms with Gasteiger partial charge < -0.3 is 10.1 Å². The largest absolute Gasteiger partial charge is 0.475 e. The summed E-state index contributed by atoms with van der Waals surface area (Å²) in [5.74, 6) is 0.238. The van der Waals surface area contributed by atoms with E-state index in [1.807, 2.05) is 60.7 Å². The fourth-order valence-electron chi connectivity index (χ4n) is 3.03. The van der Waals surface area contributed by atoms with Gasteiger partial charge >= 0.3 is 0 Å². The van der Waals surface area contributed by atoms with Gasteiger partial charge in [0, 0.05) is 11.6 Å². The molecule has 3 aromatic carbocycles. The van der Waals surface area contributed by atoms with Crippen molar-refractivity contribution in [2.75, 3.05) is 0 Å². The highest BCUT2D eigenvalue weighted by atomic mass is 16.5. The lowest BCUT2D eigenvalue weighted by Crippen LogP contribution is -2.34. The molecule has 26 heavy (non-hydrogen) atoms. The minimum absolute atomic E-state index is 0.177. The van der Waals surface area contributed by atoms with Crippen molar-refractivity contribution in [3.05, 3.63) is 77.9 Å². The van der Waals surface area contributed by atoms with Crippen LogP contribution in [0.25, 0.3) is 10.8 Å². The van der Waals surface area contributed by atoms with E-state index in [9.17, 15) is 9.59 Å². The first-order valence-corrected chi connectivity index (χ1v) is 8.75. The zero-order valence-electron chi connectivity index (χ0n) is 14.2. The fourth-order valence-corrected chi connectivity index (χ4v) is 3.03. The lowest BCUT2D eigenvalue weighted by Gasteiger charge is -2.20. The Bertz CT molecular complexity index is 948. The maximum absolute atomic E-state index is 12.7. The van der Waals surface area contributed by atoms with Gasteiger partial charge in [0.05, 0.1) is 5.56 Å². The summed E-state index contributed by atoms with van der Waals surface area (Å²) in [5.41, 5.74) is 1.22. The normalized spacial score (nSPS) is 14.6. The summed E-state index contributed by atoms with van der Waals surface area (Å²) in [6.45, 7) is 0. The van der Waals surface area contributed by atoms with E-state index in [0.29, 0.717) is 11.3 Å². The van der Waals surface area contributed by atoms with Gasteiger partial charge in [-0.05, 0) is 29.7 Å². The molecule has 4 nitrogen and oxygen atoms in total. The van der Waals surface area contributed by atoms with E-state index in [0.717, 1.165) is 35.5 Å². The lowest BCUT2D eigenvalue weighted by molar-refractivity contribution is -0.128. The Morgan fingerprint density at radius 3 is 2.46 bits per heavy atom. The molecule has 130 valence electrons. The molecule has 0 spiro atoms. The molecule has 0 saturated heterocycles. The zero-order valence-corrected chi connectivity index (χ0v) is 14.2.